The van der Waals surface area contributed by atoms with Crippen LogP contribution in [0.5, 0.6) is 5.75 Å². The van der Waals surface area contributed by atoms with E-state index in [1.165, 1.54) is 24.9 Å². The van der Waals surface area contributed by atoms with Gasteiger partial charge in [-0.15, -0.1) is 0 Å². The highest BCUT2D eigenvalue weighted by molar-refractivity contribution is 7.80. The Morgan fingerprint density at radius 1 is 1.36 bits per heavy atom. The molecule has 5 nitrogen and oxygen atoms in total. The molecule has 1 heterocycles. The maximum Gasteiger partial charge on any atom is 0.186 e. The Bertz CT molecular complexity index is 527. The molecule has 1 aromatic carbocycles. The third-order valence-electron chi connectivity index (χ3n) is 3.65. The van der Waals surface area contributed by atoms with E-state index in [0.29, 0.717) is 5.11 Å². The fraction of sp³-hybridized carbons (Fsp3) is 0.500. The van der Waals surface area contributed by atoms with E-state index in [-0.39, 0.29) is 0 Å². The monoisotopic (exact) mass is 320 g/mol. The van der Waals surface area contributed by atoms with Gasteiger partial charge in [0.15, 0.2) is 5.11 Å². The first-order valence-electron chi connectivity index (χ1n) is 7.74. The molecule has 0 bridgehead atoms. The van der Waals surface area contributed by atoms with Crippen LogP contribution in [0.4, 0.5) is 5.69 Å². The number of hydrogen-bond donors (Lipinski definition) is 2. The van der Waals surface area contributed by atoms with Gasteiger partial charge < -0.3 is 15.0 Å². The first-order chi connectivity index (χ1) is 10.7. The number of methoxy groups -OCH3 is 1. The summed E-state index contributed by atoms with van der Waals surface area (Å²) in [6.07, 6.45) is 5.58. The number of benzene rings is 1. The Morgan fingerprint density at radius 3 is 2.82 bits per heavy atom. The fourth-order valence-electron chi connectivity index (χ4n) is 2.52. The Hall–Kier alpha value is -1.82. The summed E-state index contributed by atoms with van der Waals surface area (Å²) in [6, 6.07) is 6.23. The molecule has 1 aromatic rings. The third kappa shape index (κ3) is 4.59. The van der Waals surface area contributed by atoms with Crippen LogP contribution in [0, 0.1) is 0 Å². The SMILES string of the molecule is CCNC(=S)N/N=C\c1ccc(N2CCCCC2)cc1OC. The zero-order chi connectivity index (χ0) is 15.8. The van der Waals surface area contributed by atoms with E-state index < -0.39 is 0 Å². The van der Waals surface area contributed by atoms with Crippen molar-refractivity contribution in [2.75, 3.05) is 31.6 Å². The normalized spacial score (nSPS) is 14.9. The van der Waals surface area contributed by atoms with Crippen LogP contribution < -0.4 is 20.4 Å². The molecule has 1 fully saturated rings. The number of nitrogens with zero attached hydrogens (tertiary/aromatic N) is 2. The van der Waals surface area contributed by atoms with Gasteiger partial charge in [-0.3, -0.25) is 5.43 Å². The van der Waals surface area contributed by atoms with Gasteiger partial charge >= 0.3 is 0 Å². The van der Waals surface area contributed by atoms with Gasteiger partial charge in [-0.2, -0.15) is 5.10 Å². The van der Waals surface area contributed by atoms with E-state index in [4.69, 9.17) is 17.0 Å². The minimum atomic E-state index is 0.516. The maximum absolute atomic E-state index is 5.49. The van der Waals surface area contributed by atoms with Crippen LogP contribution in [-0.2, 0) is 0 Å². The number of rotatable bonds is 5. The number of ether oxygens (including phenoxy) is 1. The fourth-order valence-corrected chi connectivity index (χ4v) is 2.71. The van der Waals surface area contributed by atoms with Crippen LogP contribution in [0.3, 0.4) is 0 Å². The Morgan fingerprint density at radius 2 is 2.14 bits per heavy atom. The summed E-state index contributed by atoms with van der Waals surface area (Å²) in [6.45, 7) is 5.00. The minimum absolute atomic E-state index is 0.516. The topological polar surface area (TPSA) is 48.9 Å². The van der Waals surface area contributed by atoms with Crippen LogP contribution in [0.2, 0.25) is 0 Å². The lowest BCUT2D eigenvalue weighted by Gasteiger charge is -2.29. The van der Waals surface area contributed by atoms with Crippen molar-refractivity contribution in [2.24, 2.45) is 5.10 Å². The van der Waals surface area contributed by atoms with Crippen molar-refractivity contribution in [3.8, 4) is 5.75 Å². The van der Waals surface area contributed by atoms with Gasteiger partial charge in [-0.05, 0) is 50.5 Å². The molecule has 6 heteroatoms. The molecule has 2 N–H and O–H groups in total. The second-order valence-electron chi connectivity index (χ2n) is 5.20. The Kier molecular flexibility index (Phi) is 6.45. The summed E-state index contributed by atoms with van der Waals surface area (Å²) in [5, 5.41) is 7.64. The molecule has 0 aliphatic carbocycles. The summed E-state index contributed by atoms with van der Waals surface area (Å²) >= 11 is 5.06. The molecule has 120 valence electrons. The highest BCUT2D eigenvalue weighted by Gasteiger charge is 2.12. The molecule has 0 saturated carbocycles. The van der Waals surface area contributed by atoms with Crippen molar-refractivity contribution in [2.45, 2.75) is 26.2 Å². The van der Waals surface area contributed by atoms with Gasteiger partial charge in [-0.1, -0.05) is 0 Å². The van der Waals surface area contributed by atoms with Gasteiger partial charge in [0.05, 0.1) is 13.3 Å². The van der Waals surface area contributed by atoms with E-state index in [1.807, 2.05) is 13.0 Å². The highest BCUT2D eigenvalue weighted by Crippen LogP contribution is 2.26. The van der Waals surface area contributed by atoms with Crippen LogP contribution in [0.1, 0.15) is 31.7 Å². The predicted octanol–water partition coefficient (Wildman–Crippen LogP) is 2.50. The van der Waals surface area contributed by atoms with E-state index in [2.05, 4.69) is 32.9 Å². The molecule has 1 saturated heterocycles. The van der Waals surface area contributed by atoms with Crippen LogP contribution >= 0.6 is 12.2 Å². The summed E-state index contributed by atoms with van der Waals surface area (Å²) in [7, 11) is 1.68. The maximum atomic E-state index is 5.49. The minimum Gasteiger partial charge on any atom is -0.496 e. The number of anilines is 1. The lowest BCUT2D eigenvalue weighted by atomic mass is 10.1. The summed E-state index contributed by atoms with van der Waals surface area (Å²) in [4.78, 5) is 2.41. The van der Waals surface area contributed by atoms with Gasteiger partial charge in [0.2, 0.25) is 0 Å². The molecule has 1 aliphatic rings. The van der Waals surface area contributed by atoms with Crippen LogP contribution in [0.15, 0.2) is 23.3 Å². The molecule has 0 amide bonds. The summed E-state index contributed by atoms with van der Waals surface area (Å²) < 4.78 is 5.49. The molecule has 0 aromatic heterocycles. The molecule has 0 radical (unpaired) electrons. The smallest absolute Gasteiger partial charge is 0.186 e. The quantitative estimate of drug-likeness (QED) is 0.496. The molecule has 0 spiro atoms. The van der Waals surface area contributed by atoms with Crippen LogP contribution in [0.25, 0.3) is 0 Å². The summed E-state index contributed by atoms with van der Waals surface area (Å²) in [5.74, 6) is 0.822. The number of hydrogen-bond acceptors (Lipinski definition) is 4. The lowest BCUT2D eigenvalue weighted by molar-refractivity contribution is 0.414. The highest BCUT2D eigenvalue weighted by atomic mass is 32.1. The van der Waals surface area contributed by atoms with Gasteiger partial charge in [-0.25, -0.2) is 0 Å². The van der Waals surface area contributed by atoms with E-state index in [1.54, 1.807) is 13.3 Å². The molecule has 1 aliphatic heterocycles. The van der Waals surface area contributed by atoms with Gasteiger partial charge in [0.1, 0.15) is 5.75 Å². The van der Waals surface area contributed by atoms with Crippen molar-refractivity contribution in [1.29, 1.82) is 0 Å². The van der Waals surface area contributed by atoms with Crippen molar-refractivity contribution >= 4 is 29.2 Å². The Balaban J connectivity index is 2.05. The third-order valence-corrected chi connectivity index (χ3v) is 3.88. The van der Waals surface area contributed by atoms with E-state index >= 15 is 0 Å². The lowest BCUT2D eigenvalue weighted by Crippen LogP contribution is -2.31. The first kappa shape index (κ1) is 16.5. The molecular formula is C16H24N4OS. The predicted molar refractivity (Wildman–Crippen MR) is 96.1 cm³/mol. The van der Waals surface area contributed by atoms with E-state index in [0.717, 1.165) is 30.9 Å². The number of nitrogens with one attached hydrogen (secondary N) is 2. The van der Waals surface area contributed by atoms with Gasteiger partial charge in [0.25, 0.3) is 0 Å². The van der Waals surface area contributed by atoms with E-state index in [9.17, 15) is 0 Å². The average molecular weight is 320 g/mol. The summed E-state index contributed by atoms with van der Waals surface area (Å²) in [5.41, 5.74) is 4.92. The number of thiocarbonyl (C=S) groups is 1. The number of piperidine rings is 1. The van der Waals surface area contributed by atoms with Crippen molar-refractivity contribution in [3.05, 3.63) is 23.8 Å². The molecule has 0 atom stereocenters. The first-order valence-corrected chi connectivity index (χ1v) is 8.15. The second-order valence-corrected chi connectivity index (χ2v) is 5.61. The molecule has 22 heavy (non-hydrogen) atoms. The van der Waals surface area contributed by atoms with Crippen molar-refractivity contribution in [3.63, 3.8) is 0 Å². The zero-order valence-corrected chi connectivity index (χ0v) is 14.1. The molecule has 0 unspecified atom stereocenters. The second kappa shape index (κ2) is 8.58. The molecular weight excluding hydrogens is 296 g/mol. The Labute approximate surface area is 137 Å². The van der Waals surface area contributed by atoms with Crippen LogP contribution in [-0.4, -0.2) is 38.1 Å². The van der Waals surface area contributed by atoms with Gasteiger partial charge in [0, 0.05) is 37.0 Å². The van der Waals surface area contributed by atoms with Crippen molar-refractivity contribution in [1.82, 2.24) is 10.7 Å². The average Bonchev–Trinajstić information content (AvgIpc) is 2.56. The van der Waals surface area contributed by atoms with Crippen molar-refractivity contribution < 1.29 is 4.74 Å². The zero-order valence-electron chi connectivity index (χ0n) is 13.3. The molecule has 2 rings (SSSR count). The number of hydrazone groups is 1. The standard InChI is InChI=1S/C16H24N4OS/c1-3-17-16(22)19-18-12-13-7-8-14(11-15(13)21-2)20-9-5-4-6-10-20/h7-8,11-12H,3-6,9-10H2,1-2H3,(H2,17,19,22)/b18-12-. The largest absolute Gasteiger partial charge is 0.496 e.